The zero-order valence-corrected chi connectivity index (χ0v) is 12.8. The van der Waals surface area contributed by atoms with Gasteiger partial charge in [0.2, 0.25) is 5.91 Å². The Labute approximate surface area is 130 Å². The van der Waals surface area contributed by atoms with E-state index in [4.69, 9.17) is 5.11 Å². The third-order valence-electron chi connectivity index (χ3n) is 3.55. The number of hydrogen-bond donors (Lipinski definition) is 3. The van der Waals surface area contributed by atoms with Crippen molar-refractivity contribution >= 4 is 29.4 Å². The lowest BCUT2D eigenvalue weighted by Gasteiger charge is -2.17. The molecule has 0 radical (unpaired) electrons. The molecule has 0 aliphatic heterocycles. The fourth-order valence-corrected chi connectivity index (χ4v) is 3.75. The van der Waals surface area contributed by atoms with Gasteiger partial charge in [-0.1, -0.05) is 5.21 Å². The highest BCUT2D eigenvalue weighted by atomic mass is 32.2. The van der Waals surface area contributed by atoms with Gasteiger partial charge in [0.15, 0.2) is 5.82 Å². The van der Waals surface area contributed by atoms with Gasteiger partial charge in [0, 0.05) is 30.8 Å². The molecule has 22 heavy (non-hydrogen) atoms. The Morgan fingerprint density at radius 1 is 1.55 bits per heavy atom. The minimum Gasteiger partial charge on any atom is -0.481 e. The van der Waals surface area contributed by atoms with Gasteiger partial charge in [0.1, 0.15) is 11.8 Å². The highest BCUT2D eigenvalue weighted by molar-refractivity contribution is 7.99. The van der Waals surface area contributed by atoms with Crippen molar-refractivity contribution in [1.82, 2.24) is 25.9 Å². The van der Waals surface area contributed by atoms with Gasteiger partial charge in [-0.05, 0) is 6.42 Å². The highest BCUT2D eigenvalue weighted by Crippen LogP contribution is 2.32. The monoisotopic (exact) mass is 327 g/mol. The van der Waals surface area contributed by atoms with Crippen LogP contribution in [0, 0.1) is 11.8 Å². The smallest absolute Gasteiger partial charge is 0.307 e. The summed E-state index contributed by atoms with van der Waals surface area (Å²) in [6, 6.07) is -0.430. The van der Waals surface area contributed by atoms with Crippen molar-refractivity contribution in [1.29, 1.82) is 0 Å². The Balaban J connectivity index is 1.91. The summed E-state index contributed by atoms with van der Waals surface area (Å²) < 4.78 is 0. The lowest BCUT2D eigenvalue weighted by molar-refractivity contribution is -0.143. The second-order valence-electron chi connectivity index (χ2n) is 5.12. The lowest BCUT2D eigenvalue weighted by atomic mass is 9.98. The molecule has 0 saturated heterocycles. The van der Waals surface area contributed by atoms with Crippen molar-refractivity contribution in [2.24, 2.45) is 11.8 Å². The maximum absolute atomic E-state index is 11.8. The number of aromatic amines is 1. The van der Waals surface area contributed by atoms with Crippen LogP contribution >= 0.6 is 11.8 Å². The van der Waals surface area contributed by atoms with Crippen molar-refractivity contribution in [3.63, 3.8) is 0 Å². The number of carboxylic acids is 1. The second kappa shape index (κ2) is 7.34. The van der Waals surface area contributed by atoms with Crippen LogP contribution in [0.3, 0.4) is 0 Å². The number of amides is 1. The molecule has 9 nitrogen and oxygen atoms in total. The van der Waals surface area contributed by atoms with Crippen molar-refractivity contribution in [2.45, 2.75) is 25.8 Å². The normalized spacial score (nSPS) is 22.5. The fourth-order valence-electron chi connectivity index (χ4n) is 2.47. The number of Topliss-reactive ketones (excluding diaryl/α,β-unsaturated/α-hetero) is 1. The molecular weight excluding hydrogens is 310 g/mol. The summed E-state index contributed by atoms with van der Waals surface area (Å²) in [4.78, 5) is 34.1. The number of hydrogen-bond acceptors (Lipinski definition) is 7. The molecule has 1 fully saturated rings. The first kappa shape index (κ1) is 16.4. The molecule has 0 spiro atoms. The largest absolute Gasteiger partial charge is 0.481 e. The number of rotatable bonds is 7. The van der Waals surface area contributed by atoms with E-state index in [1.807, 2.05) is 0 Å². The zero-order chi connectivity index (χ0) is 16.1. The number of aromatic nitrogens is 4. The zero-order valence-electron chi connectivity index (χ0n) is 12.0. The predicted molar refractivity (Wildman–Crippen MR) is 76.9 cm³/mol. The Kier molecular flexibility index (Phi) is 5.47. The van der Waals surface area contributed by atoms with Crippen LogP contribution in [0.25, 0.3) is 0 Å². The maximum Gasteiger partial charge on any atom is 0.307 e. The minimum absolute atomic E-state index is 0.00413. The van der Waals surface area contributed by atoms with Crippen LogP contribution in [0.15, 0.2) is 0 Å². The fraction of sp³-hybridized carbons (Fsp3) is 0.667. The maximum atomic E-state index is 11.8. The standard InChI is InChI=1S/C12H17N5O4S/c1-6(18)13-9(11-14-16-17-15-11)5-22-4-8-7(12(20)21)2-3-10(8)19/h7-9H,2-5H2,1H3,(H,13,18)(H,20,21)(H,14,15,16,17)/t7-,8+,9?/m1/s1. The number of ketones is 1. The minimum atomic E-state index is -0.923. The van der Waals surface area contributed by atoms with Gasteiger partial charge in [-0.15, -0.1) is 10.2 Å². The molecule has 2 rings (SSSR count). The number of nitrogens with zero attached hydrogens (tertiary/aromatic N) is 3. The predicted octanol–water partition coefficient (Wildman–Crippen LogP) is -0.210. The Morgan fingerprint density at radius 3 is 2.91 bits per heavy atom. The van der Waals surface area contributed by atoms with Gasteiger partial charge in [-0.25, -0.2) is 0 Å². The second-order valence-corrected chi connectivity index (χ2v) is 6.19. The van der Waals surface area contributed by atoms with E-state index < -0.39 is 23.8 Å². The van der Waals surface area contributed by atoms with Crippen LogP contribution in [0.2, 0.25) is 0 Å². The first-order valence-corrected chi connectivity index (χ1v) is 7.98. The number of aliphatic carboxylic acids is 1. The number of H-pyrrole nitrogens is 1. The molecular formula is C12H17N5O4S. The van der Waals surface area contributed by atoms with E-state index in [-0.39, 0.29) is 11.7 Å². The molecule has 1 aromatic heterocycles. The number of carbonyl (C=O) groups is 3. The van der Waals surface area contributed by atoms with Gasteiger partial charge >= 0.3 is 5.97 Å². The van der Waals surface area contributed by atoms with E-state index in [0.717, 1.165) is 0 Å². The first-order valence-electron chi connectivity index (χ1n) is 6.82. The summed E-state index contributed by atoms with van der Waals surface area (Å²) in [6.45, 7) is 1.39. The number of carbonyl (C=O) groups excluding carboxylic acids is 2. The summed E-state index contributed by atoms with van der Waals surface area (Å²) in [6.07, 6.45) is 0.724. The molecule has 3 N–H and O–H groups in total. The third kappa shape index (κ3) is 4.03. The van der Waals surface area contributed by atoms with Crippen LogP contribution in [0.4, 0.5) is 0 Å². The molecule has 10 heteroatoms. The first-order chi connectivity index (χ1) is 10.5. The summed E-state index contributed by atoms with van der Waals surface area (Å²) in [5.74, 6) is -1.02. The van der Waals surface area contributed by atoms with Crippen LogP contribution < -0.4 is 5.32 Å². The number of carboxylic acid groups (broad SMARTS) is 1. The van der Waals surface area contributed by atoms with Crippen molar-refractivity contribution < 1.29 is 19.5 Å². The van der Waals surface area contributed by atoms with E-state index in [1.54, 1.807) is 0 Å². The van der Waals surface area contributed by atoms with Gasteiger partial charge < -0.3 is 10.4 Å². The Morgan fingerprint density at radius 2 is 2.32 bits per heavy atom. The molecule has 1 saturated carbocycles. The van der Waals surface area contributed by atoms with Gasteiger partial charge in [0.05, 0.1) is 5.92 Å². The quantitative estimate of drug-likeness (QED) is 0.625. The average molecular weight is 327 g/mol. The molecule has 1 heterocycles. The van der Waals surface area contributed by atoms with E-state index in [2.05, 4.69) is 25.9 Å². The van der Waals surface area contributed by atoms with Gasteiger partial charge in [-0.2, -0.15) is 17.0 Å². The summed E-state index contributed by atoms with van der Waals surface area (Å²) >= 11 is 1.40. The van der Waals surface area contributed by atoms with Crippen molar-refractivity contribution in [2.75, 3.05) is 11.5 Å². The Hall–Kier alpha value is -1.97. The average Bonchev–Trinajstić information content (AvgIpc) is 3.07. The van der Waals surface area contributed by atoms with E-state index >= 15 is 0 Å². The van der Waals surface area contributed by atoms with Crippen molar-refractivity contribution in [3.8, 4) is 0 Å². The van der Waals surface area contributed by atoms with Crippen LogP contribution in [-0.4, -0.2) is 54.9 Å². The topological polar surface area (TPSA) is 138 Å². The molecule has 3 atom stereocenters. The molecule has 0 bridgehead atoms. The van der Waals surface area contributed by atoms with E-state index in [0.29, 0.717) is 30.2 Å². The molecule has 1 amide bonds. The molecule has 1 aromatic rings. The summed E-state index contributed by atoms with van der Waals surface area (Å²) in [7, 11) is 0. The van der Waals surface area contributed by atoms with Gasteiger partial charge in [0.25, 0.3) is 0 Å². The van der Waals surface area contributed by atoms with Crippen LogP contribution in [0.1, 0.15) is 31.6 Å². The summed E-state index contributed by atoms with van der Waals surface area (Å²) in [5, 5.41) is 25.3. The molecule has 120 valence electrons. The van der Waals surface area contributed by atoms with E-state index in [1.165, 1.54) is 18.7 Å². The van der Waals surface area contributed by atoms with Gasteiger partial charge in [-0.3, -0.25) is 14.4 Å². The van der Waals surface area contributed by atoms with Crippen LogP contribution in [0.5, 0.6) is 0 Å². The van der Waals surface area contributed by atoms with E-state index in [9.17, 15) is 14.4 Å². The number of thioether (sulfide) groups is 1. The lowest BCUT2D eigenvalue weighted by Crippen LogP contribution is -2.30. The highest BCUT2D eigenvalue weighted by Gasteiger charge is 2.39. The molecule has 0 aromatic carbocycles. The molecule has 1 aliphatic carbocycles. The SMILES string of the molecule is CC(=O)NC(CSC[C@@H]1C(=O)CC[C@H]1C(=O)O)c1nn[nH]n1. The molecule has 1 unspecified atom stereocenters. The number of nitrogens with one attached hydrogen (secondary N) is 2. The van der Waals surface area contributed by atoms with Crippen molar-refractivity contribution in [3.05, 3.63) is 5.82 Å². The summed E-state index contributed by atoms with van der Waals surface area (Å²) in [5.41, 5.74) is 0. The Bertz CT molecular complexity index is 550. The number of tetrazole rings is 1. The van der Waals surface area contributed by atoms with Crippen LogP contribution in [-0.2, 0) is 14.4 Å². The molecule has 1 aliphatic rings. The third-order valence-corrected chi connectivity index (χ3v) is 4.71.